The highest BCUT2D eigenvalue weighted by Crippen LogP contribution is 2.50. The van der Waals surface area contributed by atoms with Crippen LogP contribution in [0.25, 0.3) is 0 Å². The van der Waals surface area contributed by atoms with Crippen molar-refractivity contribution in [2.75, 3.05) is 20.3 Å². The lowest BCUT2D eigenvalue weighted by Gasteiger charge is -2.39. The minimum atomic E-state index is -1.06. The van der Waals surface area contributed by atoms with Crippen LogP contribution in [0.5, 0.6) is 5.75 Å². The first-order valence-corrected chi connectivity index (χ1v) is 13.0. The largest absolute Gasteiger partial charge is 0.496 e. The van der Waals surface area contributed by atoms with E-state index in [1.807, 2.05) is 49.6 Å². The van der Waals surface area contributed by atoms with Crippen LogP contribution in [0.4, 0.5) is 0 Å². The van der Waals surface area contributed by atoms with Crippen LogP contribution in [0.3, 0.4) is 0 Å². The van der Waals surface area contributed by atoms with Crippen molar-refractivity contribution in [1.82, 2.24) is 5.32 Å². The number of carbonyl (C=O) groups is 3. The van der Waals surface area contributed by atoms with Gasteiger partial charge in [0.05, 0.1) is 31.8 Å². The number of allylic oxidation sites excluding steroid dienone is 3. The molecule has 190 valence electrons. The topological polar surface area (TPSA) is 90.9 Å². The average molecular weight is 510 g/mol. The molecule has 0 bridgehead atoms. The number of ether oxygens (including phenoxy) is 3. The predicted molar refractivity (Wildman–Crippen MR) is 137 cm³/mol. The molecule has 0 spiro atoms. The molecule has 2 heterocycles. The number of benzene rings is 1. The molecule has 0 unspecified atom stereocenters. The van der Waals surface area contributed by atoms with Crippen molar-refractivity contribution in [2.45, 2.75) is 46.0 Å². The Bertz CT molecular complexity index is 1260. The zero-order valence-corrected chi connectivity index (χ0v) is 22.0. The van der Waals surface area contributed by atoms with E-state index < -0.39 is 29.7 Å². The molecule has 0 amide bonds. The minimum Gasteiger partial charge on any atom is -0.496 e. The Morgan fingerprint density at radius 3 is 2.44 bits per heavy atom. The second-order valence-corrected chi connectivity index (χ2v) is 9.77. The van der Waals surface area contributed by atoms with Gasteiger partial charge in [0.2, 0.25) is 0 Å². The van der Waals surface area contributed by atoms with Gasteiger partial charge in [-0.3, -0.25) is 9.59 Å². The van der Waals surface area contributed by atoms with Crippen LogP contribution in [0.2, 0.25) is 0 Å². The van der Waals surface area contributed by atoms with Gasteiger partial charge in [-0.1, -0.05) is 18.2 Å². The van der Waals surface area contributed by atoms with E-state index in [9.17, 15) is 14.4 Å². The Morgan fingerprint density at radius 2 is 1.81 bits per heavy atom. The number of esters is 2. The van der Waals surface area contributed by atoms with Gasteiger partial charge < -0.3 is 19.5 Å². The maximum Gasteiger partial charge on any atom is 0.336 e. The number of rotatable bonds is 7. The van der Waals surface area contributed by atoms with Crippen LogP contribution < -0.4 is 10.1 Å². The molecule has 1 aromatic heterocycles. The summed E-state index contributed by atoms with van der Waals surface area (Å²) < 4.78 is 16.4. The smallest absolute Gasteiger partial charge is 0.336 e. The molecule has 4 rings (SSSR count). The Labute approximate surface area is 215 Å². The number of aryl methyl sites for hydroxylation is 1. The average Bonchev–Trinajstić information content (AvgIpc) is 3.28. The molecule has 3 atom stereocenters. The van der Waals surface area contributed by atoms with E-state index in [1.165, 1.54) is 11.3 Å². The fourth-order valence-corrected chi connectivity index (χ4v) is 6.27. The first kappa shape index (κ1) is 25.7. The van der Waals surface area contributed by atoms with Gasteiger partial charge in [0, 0.05) is 27.8 Å². The van der Waals surface area contributed by atoms with Crippen LogP contribution in [0.1, 0.15) is 55.0 Å². The van der Waals surface area contributed by atoms with E-state index in [4.69, 9.17) is 14.2 Å². The summed E-state index contributed by atoms with van der Waals surface area (Å²) in [5, 5.41) is 5.27. The molecule has 1 aliphatic heterocycles. The van der Waals surface area contributed by atoms with Crippen molar-refractivity contribution in [3.8, 4) is 5.75 Å². The Hall–Kier alpha value is -3.39. The van der Waals surface area contributed by atoms with Gasteiger partial charge >= 0.3 is 11.9 Å². The molecule has 2 aliphatic rings. The molecule has 1 aromatic carbocycles. The normalized spacial score (nSPS) is 21.6. The Morgan fingerprint density at radius 1 is 1.08 bits per heavy atom. The molecule has 0 fully saturated rings. The van der Waals surface area contributed by atoms with E-state index >= 15 is 0 Å². The first-order chi connectivity index (χ1) is 17.3. The van der Waals surface area contributed by atoms with Crippen molar-refractivity contribution >= 4 is 29.1 Å². The van der Waals surface area contributed by atoms with Gasteiger partial charge in [-0.25, -0.2) is 4.79 Å². The summed E-state index contributed by atoms with van der Waals surface area (Å²) in [6.07, 6.45) is 0.388. The number of dihydropyridines is 1. The third-order valence-corrected chi connectivity index (χ3v) is 7.84. The fraction of sp³-hybridized carbons (Fsp3) is 0.393. The standard InChI is InChI=1S/C28H31NO6S/c1-6-34-27(31)21-16(4)29-19-14-18(17-10-8-9-11-20(17)33-5)22(28(32)35-7-2)25(30)23(19)24(21)26-15(3)12-13-36-26/h8-13,18,22,24,29H,6-7,14H2,1-5H3/t18-,22+,24-/m1/s1. The maximum absolute atomic E-state index is 14.3. The number of hydrogen-bond acceptors (Lipinski definition) is 8. The molecule has 2 aromatic rings. The molecule has 8 heteroatoms. The van der Waals surface area contributed by atoms with Crippen molar-refractivity contribution in [3.05, 3.63) is 74.3 Å². The summed E-state index contributed by atoms with van der Waals surface area (Å²) in [6.45, 7) is 7.63. The zero-order chi connectivity index (χ0) is 26.0. The summed E-state index contributed by atoms with van der Waals surface area (Å²) in [7, 11) is 1.57. The van der Waals surface area contributed by atoms with Crippen LogP contribution in [-0.2, 0) is 23.9 Å². The number of nitrogens with one attached hydrogen (secondary N) is 1. The van der Waals surface area contributed by atoms with Gasteiger partial charge in [-0.15, -0.1) is 11.3 Å². The van der Waals surface area contributed by atoms with Crippen molar-refractivity contribution < 1.29 is 28.6 Å². The van der Waals surface area contributed by atoms with Crippen molar-refractivity contribution in [1.29, 1.82) is 0 Å². The molecule has 0 saturated heterocycles. The number of para-hydroxylation sites is 1. The second kappa shape index (κ2) is 10.7. The monoisotopic (exact) mass is 509 g/mol. The van der Waals surface area contributed by atoms with Gasteiger partial charge in [0.1, 0.15) is 11.7 Å². The molecule has 1 N–H and O–H groups in total. The summed E-state index contributed by atoms with van der Waals surface area (Å²) in [5.41, 5.74) is 3.92. The molecular formula is C28H31NO6S. The number of carbonyl (C=O) groups excluding carboxylic acids is 3. The highest BCUT2D eigenvalue weighted by atomic mass is 32.1. The van der Waals surface area contributed by atoms with E-state index in [-0.39, 0.29) is 19.0 Å². The first-order valence-electron chi connectivity index (χ1n) is 12.1. The van der Waals surface area contributed by atoms with E-state index in [0.717, 1.165) is 16.0 Å². The zero-order valence-electron chi connectivity index (χ0n) is 21.2. The quantitative estimate of drug-likeness (QED) is 0.424. The fourth-order valence-electron chi connectivity index (χ4n) is 5.22. The molecule has 7 nitrogen and oxygen atoms in total. The summed E-state index contributed by atoms with van der Waals surface area (Å²) in [6, 6.07) is 9.38. The van der Waals surface area contributed by atoms with Crippen LogP contribution in [0, 0.1) is 12.8 Å². The predicted octanol–water partition coefficient (Wildman–Crippen LogP) is 4.78. The van der Waals surface area contributed by atoms with Gasteiger partial charge in [-0.05, 0) is 62.8 Å². The lowest BCUT2D eigenvalue weighted by molar-refractivity contribution is -0.152. The molecule has 1 aliphatic carbocycles. The summed E-state index contributed by atoms with van der Waals surface area (Å²) in [5.74, 6) is -2.95. The number of ketones is 1. The summed E-state index contributed by atoms with van der Waals surface area (Å²) in [4.78, 5) is 41.6. The number of hydrogen-bond donors (Lipinski definition) is 1. The van der Waals surface area contributed by atoms with Crippen LogP contribution in [0.15, 0.2) is 58.3 Å². The Kier molecular flexibility index (Phi) is 7.64. The third kappa shape index (κ3) is 4.46. The molecular weight excluding hydrogens is 478 g/mol. The van der Waals surface area contributed by atoms with Crippen LogP contribution in [-0.4, -0.2) is 38.0 Å². The van der Waals surface area contributed by atoms with Crippen LogP contribution >= 0.6 is 11.3 Å². The van der Waals surface area contributed by atoms with Gasteiger partial charge in [-0.2, -0.15) is 0 Å². The van der Waals surface area contributed by atoms with E-state index in [1.54, 1.807) is 21.0 Å². The second-order valence-electron chi connectivity index (χ2n) is 8.82. The third-order valence-electron chi connectivity index (χ3n) is 6.76. The highest BCUT2D eigenvalue weighted by Gasteiger charge is 2.50. The summed E-state index contributed by atoms with van der Waals surface area (Å²) >= 11 is 1.49. The highest BCUT2D eigenvalue weighted by molar-refractivity contribution is 7.10. The van der Waals surface area contributed by atoms with Crippen molar-refractivity contribution in [3.63, 3.8) is 0 Å². The maximum atomic E-state index is 14.3. The molecule has 0 saturated carbocycles. The molecule has 36 heavy (non-hydrogen) atoms. The van der Waals surface area contributed by atoms with Gasteiger partial charge in [0.25, 0.3) is 0 Å². The Balaban J connectivity index is 1.91. The number of Topliss-reactive ketones (excluding diaryl/α,β-unsaturated/α-hetero) is 1. The lowest BCUT2D eigenvalue weighted by atomic mass is 9.67. The minimum absolute atomic E-state index is 0.159. The lowest BCUT2D eigenvalue weighted by Crippen LogP contribution is -2.43. The van der Waals surface area contributed by atoms with Gasteiger partial charge in [0.15, 0.2) is 5.78 Å². The van der Waals surface area contributed by atoms with Crippen molar-refractivity contribution in [2.24, 2.45) is 5.92 Å². The number of methoxy groups -OCH3 is 1. The van der Waals surface area contributed by atoms with E-state index in [0.29, 0.717) is 34.7 Å². The number of thiophene rings is 1. The van der Waals surface area contributed by atoms with E-state index in [2.05, 4.69) is 5.32 Å². The molecule has 0 radical (unpaired) electrons. The SMILES string of the molecule is CCOC(=O)C1=C(C)NC2=C(C(=O)[C@@H](C(=O)OCC)[C@@H](c3ccccc3OC)C2)[C@@H]1c1sccc1C.